The first-order valence-electron chi connectivity index (χ1n) is 5.12. The standard InChI is InChI=1S/C12H17NO2/c1-4-6-11(14)13-10-8-5-7-9(2)12(10)15-3/h5,7-8H,4,6H2,1-3H3,(H,13,14). The van der Waals surface area contributed by atoms with Crippen molar-refractivity contribution in [3.63, 3.8) is 0 Å². The van der Waals surface area contributed by atoms with Crippen LogP contribution in [0.4, 0.5) is 5.69 Å². The number of methoxy groups -OCH3 is 1. The Kier molecular flexibility index (Phi) is 4.16. The Hall–Kier alpha value is -1.51. The summed E-state index contributed by atoms with van der Waals surface area (Å²) in [6.07, 6.45) is 1.39. The van der Waals surface area contributed by atoms with Gasteiger partial charge < -0.3 is 10.1 Å². The first kappa shape index (κ1) is 11.6. The van der Waals surface area contributed by atoms with E-state index in [1.165, 1.54) is 0 Å². The van der Waals surface area contributed by atoms with Crippen LogP contribution >= 0.6 is 0 Å². The molecule has 0 radical (unpaired) electrons. The molecule has 0 fully saturated rings. The number of benzene rings is 1. The highest BCUT2D eigenvalue weighted by atomic mass is 16.5. The summed E-state index contributed by atoms with van der Waals surface area (Å²) in [6.45, 7) is 3.93. The molecule has 0 saturated heterocycles. The van der Waals surface area contributed by atoms with Crippen LogP contribution in [0.15, 0.2) is 18.2 Å². The summed E-state index contributed by atoms with van der Waals surface area (Å²) in [6, 6.07) is 5.70. The number of aryl methyl sites for hydroxylation is 1. The molecule has 1 N–H and O–H groups in total. The molecule has 1 aromatic carbocycles. The third kappa shape index (κ3) is 2.98. The van der Waals surface area contributed by atoms with E-state index in [2.05, 4.69) is 5.32 Å². The highest BCUT2D eigenvalue weighted by Gasteiger charge is 2.08. The molecule has 1 amide bonds. The zero-order chi connectivity index (χ0) is 11.3. The van der Waals surface area contributed by atoms with Crippen LogP contribution in [0, 0.1) is 6.92 Å². The van der Waals surface area contributed by atoms with Crippen molar-refractivity contribution in [2.24, 2.45) is 0 Å². The van der Waals surface area contributed by atoms with Crippen LogP contribution < -0.4 is 10.1 Å². The second-order valence-electron chi connectivity index (χ2n) is 3.45. The molecule has 1 aromatic rings. The molecule has 0 atom stereocenters. The maximum atomic E-state index is 11.4. The molecule has 0 heterocycles. The smallest absolute Gasteiger partial charge is 0.224 e. The lowest BCUT2D eigenvalue weighted by Crippen LogP contribution is -2.11. The minimum atomic E-state index is 0.0291. The SMILES string of the molecule is CCCC(=O)Nc1cccc(C)c1OC. The quantitative estimate of drug-likeness (QED) is 0.824. The molecule has 0 aliphatic heterocycles. The monoisotopic (exact) mass is 207 g/mol. The second kappa shape index (κ2) is 5.39. The molecule has 0 unspecified atom stereocenters. The van der Waals surface area contributed by atoms with Crippen LogP contribution in [0.25, 0.3) is 0 Å². The Morgan fingerprint density at radius 1 is 1.47 bits per heavy atom. The number of ether oxygens (including phenoxy) is 1. The molecule has 3 heteroatoms. The fraction of sp³-hybridized carbons (Fsp3) is 0.417. The van der Waals surface area contributed by atoms with Crippen LogP contribution in [0.5, 0.6) is 5.75 Å². The average molecular weight is 207 g/mol. The lowest BCUT2D eigenvalue weighted by atomic mass is 10.2. The Labute approximate surface area is 90.4 Å². The summed E-state index contributed by atoms with van der Waals surface area (Å²) in [4.78, 5) is 11.4. The van der Waals surface area contributed by atoms with E-state index >= 15 is 0 Å². The van der Waals surface area contributed by atoms with Gasteiger partial charge in [-0.2, -0.15) is 0 Å². The summed E-state index contributed by atoms with van der Waals surface area (Å²) in [5, 5.41) is 2.84. The van der Waals surface area contributed by atoms with E-state index in [1.807, 2.05) is 32.0 Å². The summed E-state index contributed by atoms with van der Waals surface area (Å²) in [7, 11) is 1.61. The van der Waals surface area contributed by atoms with Gasteiger partial charge in [-0.3, -0.25) is 4.79 Å². The second-order valence-corrected chi connectivity index (χ2v) is 3.45. The zero-order valence-corrected chi connectivity index (χ0v) is 9.46. The van der Waals surface area contributed by atoms with Crippen LogP contribution in [-0.4, -0.2) is 13.0 Å². The van der Waals surface area contributed by atoms with Gasteiger partial charge in [0.2, 0.25) is 5.91 Å². The number of amides is 1. The Morgan fingerprint density at radius 3 is 2.80 bits per heavy atom. The minimum absolute atomic E-state index is 0.0291. The van der Waals surface area contributed by atoms with Gasteiger partial charge in [-0.1, -0.05) is 19.1 Å². The van der Waals surface area contributed by atoms with Gasteiger partial charge in [0, 0.05) is 6.42 Å². The van der Waals surface area contributed by atoms with E-state index in [0.717, 1.165) is 23.4 Å². The van der Waals surface area contributed by atoms with Crippen LogP contribution in [0.2, 0.25) is 0 Å². The number of hydrogen-bond donors (Lipinski definition) is 1. The number of hydrogen-bond acceptors (Lipinski definition) is 2. The minimum Gasteiger partial charge on any atom is -0.494 e. The molecule has 0 bridgehead atoms. The fourth-order valence-electron chi connectivity index (χ4n) is 1.46. The van der Waals surface area contributed by atoms with Crippen LogP contribution in [-0.2, 0) is 4.79 Å². The fourth-order valence-corrected chi connectivity index (χ4v) is 1.46. The zero-order valence-electron chi connectivity index (χ0n) is 9.46. The maximum absolute atomic E-state index is 11.4. The van der Waals surface area contributed by atoms with E-state index in [9.17, 15) is 4.79 Å². The van der Waals surface area contributed by atoms with Crippen molar-refractivity contribution < 1.29 is 9.53 Å². The molecule has 3 nitrogen and oxygen atoms in total. The first-order chi connectivity index (χ1) is 7.19. The molecule has 0 aromatic heterocycles. The van der Waals surface area contributed by atoms with Crippen LogP contribution in [0.3, 0.4) is 0 Å². The van der Waals surface area contributed by atoms with Crippen molar-refractivity contribution in [1.29, 1.82) is 0 Å². The predicted octanol–water partition coefficient (Wildman–Crippen LogP) is 2.74. The topological polar surface area (TPSA) is 38.3 Å². The molecule has 0 aliphatic carbocycles. The molecular formula is C12H17NO2. The number of para-hydroxylation sites is 1. The largest absolute Gasteiger partial charge is 0.494 e. The summed E-state index contributed by atoms with van der Waals surface area (Å²) in [5.74, 6) is 0.767. The van der Waals surface area contributed by atoms with E-state index < -0.39 is 0 Å². The van der Waals surface area contributed by atoms with Gasteiger partial charge in [0.25, 0.3) is 0 Å². The number of nitrogens with one attached hydrogen (secondary N) is 1. The van der Waals surface area contributed by atoms with Crippen molar-refractivity contribution in [2.75, 3.05) is 12.4 Å². The summed E-state index contributed by atoms with van der Waals surface area (Å²) >= 11 is 0. The number of carbonyl (C=O) groups is 1. The molecule has 1 rings (SSSR count). The van der Waals surface area contributed by atoms with Crippen molar-refractivity contribution in [2.45, 2.75) is 26.7 Å². The average Bonchev–Trinajstić information content (AvgIpc) is 2.18. The molecule has 0 aliphatic rings. The van der Waals surface area contributed by atoms with E-state index in [1.54, 1.807) is 7.11 Å². The molecule has 0 spiro atoms. The normalized spacial score (nSPS) is 9.80. The van der Waals surface area contributed by atoms with Crippen molar-refractivity contribution in [3.05, 3.63) is 23.8 Å². The van der Waals surface area contributed by atoms with E-state index in [4.69, 9.17) is 4.74 Å². The molecular weight excluding hydrogens is 190 g/mol. The lowest BCUT2D eigenvalue weighted by molar-refractivity contribution is -0.116. The first-order valence-corrected chi connectivity index (χ1v) is 5.12. The van der Waals surface area contributed by atoms with Gasteiger partial charge in [-0.25, -0.2) is 0 Å². The van der Waals surface area contributed by atoms with E-state index in [-0.39, 0.29) is 5.91 Å². The molecule has 15 heavy (non-hydrogen) atoms. The molecule has 0 saturated carbocycles. The molecule has 82 valence electrons. The highest BCUT2D eigenvalue weighted by molar-refractivity contribution is 5.92. The van der Waals surface area contributed by atoms with Gasteiger partial charge in [0.1, 0.15) is 5.75 Å². The van der Waals surface area contributed by atoms with E-state index in [0.29, 0.717) is 6.42 Å². The summed E-state index contributed by atoms with van der Waals surface area (Å²) < 4.78 is 5.24. The Balaban J connectivity index is 2.84. The predicted molar refractivity (Wildman–Crippen MR) is 61.3 cm³/mol. The van der Waals surface area contributed by atoms with Gasteiger partial charge in [-0.15, -0.1) is 0 Å². The van der Waals surface area contributed by atoms with Gasteiger partial charge >= 0.3 is 0 Å². The third-order valence-electron chi connectivity index (χ3n) is 2.17. The summed E-state index contributed by atoms with van der Waals surface area (Å²) in [5.41, 5.74) is 1.77. The van der Waals surface area contributed by atoms with Crippen LogP contribution in [0.1, 0.15) is 25.3 Å². The maximum Gasteiger partial charge on any atom is 0.224 e. The highest BCUT2D eigenvalue weighted by Crippen LogP contribution is 2.27. The number of anilines is 1. The van der Waals surface area contributed by atoms with Crippen molar-refractivity contribution in [3.8, 4) is 5.75 Å². The van der Waals surface area contributed by atoms with Gasteiger partial charge in [0.05, 0.1) is 12.8 Å². The lowest BCUT2D eigenvalue weighted by Gasteiger charge is -2.11. The Morgan fingerprint density at radius 2 is 2.20 bits per heavy atom. The van der Waals surface area contributed by atoms with Crippen molar-refractivity contribution >= 4 is 11.6 Å². The number of rotatable bonds is 4. The number of carbonyl (C=O) groups excluding carboxylic acids is 1. The van der Waals surface area contributed by atoms with Gasteiger partial charge in [-0.05, 0) is 25.0 Å². The third-order valence-corrected chi connectivity index (χ3v) is 2.17. The Bertz CT molecular complexity index is 347. The van der Waals surface area contributed by atoms with Crippen molar-refractivity contribution in [1.82, 2.24) is 0 Å². The van der Waals surface area contributed by atoms with Gasteiger partial charge in [0.15, 0.2) is 0 Å².